The van der Waals surface area contributed by atoms with Gasteiger partial charge in [0.05, 0.1) is 12.2 Å². The molecule has 0 spiro atoms. The van der Waals surface area contributed by atoms with Crippen LogP contribution in [0.2, 0.25) is 0 Å². The summed E-state index contributed by atoms with van der Waals surface area (Å²) in [7, 11) is 0. The number of hydrogen-bond donors (Lipinski definition) is 0. The third-order valence-corrected chi connectivity index (χ3v) is 4.35. The first-order chi connectivity index (χ1) is 10.5. The summed E-state index contributed by atoms with van der Waals surface area (Å²) in [6.45, 7) is 8.44. The van der Waals surface area contributed by atoms with E-state index in [2.05, 4.69) is 12.0 Å². The molecule has 0 unspecified atom stereocenters. The molecule has 22 heavy (non-hydrogen) atoms. The van der Waals surface area contributed by atoms with Gasteiger partial charge in [0.2, 0.25) is 0 Å². The molecule has 0 N–H and O–H groups in total. The summed E-state index contributed by atoms with van der Waals surface area (Å²) in [6.07, 6.45) is 2.15. The molecule has 2 aromatic heterocycles. The minimum atomic E-state index is 0.00604. The average Bonchev–Trinajstić information content (AvgIpc) is 3.06. The molecule has 0 aromatic carbocycles. The number of aryl methyl sites for hydroxylation is 2. The number of aromatic nitrogens is 2. The van der Waals surface area contributed by atoms with Crippen LogP contribution in [0.4, 0.5) is 0 Å². The Hall–Kier alpha value is -2.04. The Balaban J connectivity index is 1.68. The number of amides is 1. The summed E-state index contributed by atoms with van der Waals surface area (Å²) < 4.78 is 7.64. The van der Waals surface area contributed by atoms with E-state index in [4.69, 9.17) is 4.42 Å². The Morgan fingerprint density at radius 2 is 2.05 bits per heavy atom. The molecule has 0 bridgehead atoms. The molecule has 3 heterocycles. The summed E-state index contributed by atoms with van der Waals surface area (Å²) in [5, 5.41) is 4.42. The fraction of sp³-hybridized carbons (Fsp3) is 0.529. The van der Waals surface area contributed by atoms with Gasteiger partial charge in [-0.2, -0.15) is 5.10 Å². The van der Waals surface area contributed by atoms with E-state index in [0.717, 1.165) is 43.1 Å². The Morgan fingerprint density at radius 1 is 1.32 bits per heavy atom. The maximum atomic E-state index is 12.5. The van der Waals surface area contributed by atoms with Gasteiger partial charge < -0.3 is 9.32 Å². The Morgan fingerprint density at radius 3 is 2.68 bits per heavy atom. The van der Waals surface area contributed by atoms with Gasteiger partial charge in [0, 0.05) is 18.8 Å². The molecule has 1 amide bonds. The van der Waals surface area contributed by atoms with Crippen molar-refractivity contribution in [2.24, 2.45) is 5.92 Å². The molecule has 0 aliphatic carbocycles. The van der Waals surface area contributed by atoms with Gasteiger partial charge in [0.15, 0.2) is 5.76 Å². The molecule has 0 radical (unpaired) electrons. The monoisotopic (exact) mass is 301 g/mol. The number of nitrogens with zero attached hydrogens (tertiary/aromatic N) is 3. The molecule has 1 aliphatic heterocycles. The van der Waals surface area contributed by atoms with Gasteiger partial charge in [-0.15, -0.1) is 0 Å². The van der Waals surface area contributed by atoms with Crippen molar-refractivity contribution in [1.82, 2.24) is 14.7 Å². The summed E-state index contributed by atoms with van der Waals surface area (Å²) in [6, 6.07) is 5.68. The lowest BCUT2D eigenvalue weighted by atomic mass is 9.99. The van der Waals surface area contributed by atoms with Gasteiger partial charge in [0.1, 0.15) is 5.76 Å². The Kier molecular flexibility index (Phi) is 4.05. The quantitative estimate of drug-likeness (QED) is 0.875. The lowest BCUT2D eigenvalue weighted by Crippen LogP contribution is -2.37. The van der Waals surface area contributed by atoms with E-state index in [0.29, 0.717) is 18.2 Å². The number of hydrogen-bond acceptors (Lipinski definition) is 3. The Labute approximate surface area is 130 Å². The van der Waals surface area contributed by atoms with E-state index in [-0.39, 0.29) is 5.91 Å². The summed E-state index contributed by atoms with van der Waals surface area (Å²) in [5.41, 5.74) is 2.08. The van der Waals surface area contributed by atoms with E-state index < -0.39 is 0 Å². The smallest absolute Gasteiger partial charge is 0.289 e. The Bertz CT molecular complexity index is 663. The summed E-state index contributed by atoms with van der Waals surface area (Å²) in [4.78, 5) is 14.3. The van der Waals surface area contributed by atoms with Crippen LogP contribution in [-0.4, -0.2) is 33.7 Å². The minimum absolute atomic E-state index is 0.00604. The van der Waals surface area contributed by atoms with Crippen LogP contribution in [0, 0.1) is 19.8 Å². The highest BCUT2D eigenvalue weighted by atomic mass is 16.4. The number of rotatable bonds is 3. The molecule has 5 heteroatoms. The molecule has 0 atom stereocenters. The van der Waals surface area contributed by atoms with Crippen molar-refractivity contribution >= 4 is 5.91 Å². The van der Waals surface area contributed by atoms with E-state index >= 15 is 0 Å². The largest absolute Gasteiger partial charge is 0.454 e. The second-order valence-electron chi connectivity index (χ2n) is 6.33. The summed E-state index contributed by atoms with van der Waals surface area (Å²) in [5.74, 6) is 1.92. The fourth-order valence-corrected chi connectivity index (χ4v) is 2.93. The molecule has 118 valence electrons. The summed E-state index contributed by atoms with van der Waals surface area (Å²) >= 11 is 0. The van der Waals surface area contributed by atoms with Crippen LogP contribution in [0.3, 0.4) is 0 Å². The van der Waals surface area contributed by atoms with Crippen LogP contribution in [0.5, 0.6) is 0 Å². The third-order valence-electron chi connectivity index (χ3n) is 4.35. The highest BCUT2D eigenvalue weighted by Crippen LogP contribution is 2.19. The second kappa shape index (κ2) is 5.99. The van der Waals surface area contributed by atoms with E-state index in [9.17, 15) is 4.79 Å². The zero-order chi connectivity index (χ0) is 15.7. The molecule has 2 aromatic rings. The van der Waals surface area contributed by atoms with Crippen LogP contribution in [-0.2, 0) is 6.54 Å². The van der Waals surface area contributed by atoms with Crippen LogP contribution < -0.4 is 0 Å². The van der Waals surface area contributed by atoms with Gasteiger partial charge in [-0.3, -0.25) is 9.48 Å². The number of piperidine rings is 1. The minimum Gasteiger partial charge on any atom is -0.454 e. The first-order valence-electron chi connectivity index (χ1n) is 7.92. The number of carbonyl (C=O) groups excluding carboxylic acids is 1. The SMILES string of the molecule is Cc1cc(C)n(Cc2ccc(C(=O)N3CCC(C)CC3)o2)n1. The average molecular weight is 301 g/mol. The molecule has 5 nitrogen and oxygen atoms in total. The molecular formula is C17H23N3O2. The third kappa shape index (κ3) is 3.08. The molecule has 1 saturated heterocycles. The highest BCUT2D eigenvalue weighted by molar-refractivity contribution is 5.91. The standard InChI is InChI=1S/C17H23N3O2/c1-12-6-8-19(9-7-12)17(21)16-5-4-15(22-16)11-20-14(3)10-13(2)18-20/h4-5,10,12H,6-9,11H2,1-3H3. The first kappa shape index (κ1) is 14.9. The van der Waals surface area contributed by atoms with Crippen molar-refractivity contribution in [3.8, 4) is 0 Å². The van der Waals surface area contributed by atoms with Crippen molar-refractivity contribution < 1.29 is 9.21 Å². The van der Waals surface area contributed by atoms with Gasteiger partial charge in [-0.25, -0.2) is 0 Å². The van der Waals surface area contributed by atoms with Crippen LogP contribution >= 0.6 is 0 Å². The lowest BCUT2D eigenvalue weighted by Gasteiger charge is -2.29. The van der Waals surface area contributed by atoms with E-state index in [1.54, 1.807) is 6.07 Å². The van der Waals surface area contributed by atoms with E-state index in [1.165, 1.54) is 0 Å². The van der Waals surface area contributed by atoms with Crippen molar-refractivity contribution in [3.05, 3.63) is 41.1 Å². The normalized spacial score (nSPS) is 16.2. The van der Waals surface area contributed by atoms with E-state index in [1.807, 2.05) is 35.6 Å². The maximum absolute atomic E-state index is 12.5. The number of carbonyl (C=O) groups is 1. The topological polar surface area (TPSA) is 51.3 Å². The van der Waals surface area contributed by atoms with Gasteiger partial charge in [-0.05, 0) is 50.8 Å². The lowest BCUT2D eigenvalue weighted by molar-refractivity contribution is 0.0663. The van der Waals surface area contributed by atoms with Crippen LogP contribution in [0.15, 0.2) is 22.6 Å². The molecule has 1 aliphatic rings. The highest BCUT2D eigenvalue weighted by Gasteiger charge is 2.23. The molecule has 3 rings (SSSR count). The zero-order valence-electron chi connectivity index (χ0n) is 13.5. The van der Waals surface area contributed by atoms with Crippen molar-refractivity contribution in [2.45, 2.75) is 40.2 Å². The van der Waals surface area contributed by atoms with Crippen LogP contribution in [0.25, 0.3) is 0 Å². The van der Waals surface area contributed by atoms with Gasteiger partial charge in [0.25, 0.3) is 5.91 Å². The predicted molar refractivity (Wildman–Crippen MR) is 83.8 cm³/mol. The first-order valence-corrected chi connectivity index (χ1v) is 7.92. The predicted octanol–water partition coefficient (Wildman–Crippen LogP) is 3.01. The second-order valence-corrected chi connectivity index (χ2v) is 6.33. The van der Waals surface area contributed by atoms with Crippen LogP contribution in [0.1, 0.15) is 47.5 Å². The molecule has 1 fully saturated rings. The maximum Gasteiger partial charge on any atom is 0.289 e. The van der Waals surface area contributed by atoms with Gasteiger partial charge >= 0.3 is 0 Å². The van der Waals surface area contributed by atoms with Crippen molar-refractivity contribution in [3.63, 3.8) is 0 Å². The number of furan rings is 1. The van der Waals surface area contributed by atoms with Gasteiger partial charge in [-0.1, -0.05) is 6.92 Å². The van der Waals surface area contributed by atoms with Crippen molar-refractivity contribution in [1.29, 1.82) is 0 Å². The zero-order valence-corrected chi connectivity index (χ0v) is 13.5. The molecule has 0 saturated carbocycles. The number of likely N-dealkylation sites (tertiary alicyclic amines) is 1. The molecular weight excluding hydrogens is 278 g/mol. The fourth-order valence-electron chi connectivity index (χ4n) is 2.93. The van der Waals surface area contributed by atoms with Crippen molar-refractivity contribution in [2.75, 3.05) is 13.1 Å².